The fourth-order valence-corrected chi connectivity index (χ4v) is 1.31. The monoisotopic (exact) mass is 217 g/mol. The van der Waals surface area contributed by atoms with Crippen LogP contribution >= 0.6 is 0 Å². The summed E-state index contributed by atoms with van der Waals surface area (Å²) in [4.78, 5) is 11.4. The van der Waals surface area contributed by atoms with Crippen LogP contribution in [0.5, 0.6) is 0 Å². The van der Waals surface area contributed by atoms with Crippen LogP contribution in [0.2, 0.25) is 0 Å². The molecule has 1 aromatic carbocycles. The number of ether oxygens (including phenoxy) is 1. The second-order valence-electron chi connectivity index (χ2n) is 3.50. The molecule has 1 fully saturated rings. The van der Waals surface area contributed by atoms with E-state index in [1.54, 1.807) is 24.3 Å². The predicted molar refractivity (Wildman–Crippen MR) is 57.9 cm³/mol. The number of nitriles is 1. The molecule has 5 heteroatoms. The smallest absolute Gasteiger partial charge is 0.411 e. The lowest BCUT2D eigenvalue weighted by atomic mass is 10.2. The third-order valence-electron chi connectivity index (χ3n) is 2.26. The lowest BCUT2D eigenvalue weighted by molar-refractivity contribution is 0.0778. The van der Waals surface area contributed by atoms with Crippen LogP contribution in [0.1, 0.15) is 5.56 Å². The molecule has 5 nitrogen and oxygen atoms in total. The van der Waals surface area contributed by atoms with Crippen LogP contribution in [-0.4, -0.2) is 25.3 Å². The van der Waals surface area contributed by atoms with Crippen molar-refractivity contribution in [3.05, 3.63) is 29.8 Å². The van der Waals surface area contributed by atoms with Gasteiger partial charge in [0.2, 0.25) is 0 Å². The van der Waals surface area contributed by atoms with Crippen molar-refractivity contribution in [1.29, 1.82) is 5.26 Å². The zero-order chi connectivity index (χ0) is 11.4. The molecule has 1 aliphatic heterocycles. The summed E-state index contributed by atoms with van der Waals surface area (Å²) >= 11 is 0. The Bertz CT molecular complexity index is 435. The molecule has 1 saturated heterocycles. The average Bonchev–Trinajstić information content (AvgIpc) is 2.24. The summed E-state index contributed by atoms with van der Waals surface area (Å²) in [7, 11) is 0. The van der Waals surface area contributed by atoms with Gasteiger partial charge in [0.05, 0.1) is 11.6 Å². The highest BCUT2D eigenvalue weighted by Gasteiger charge is 2.20. The molecule has 16 heavy (non-hydrogen) atoms. The van der Waals surface area contributed by atoms with Gasteiger partial charge in [0, 0.05) is 18.8 Å². The van der Waals surface area contributed by atoms with Crippen molar-refractivity contribution in [3.63, 3.8) is 0 Å². The molecule has 82 valence electrons. The molecule has 0 atom stereocenters. The zero-order valence-corrected chi connectivity index (χ0v) is 8.56. The second kappa shape index (κ2) is 4.64. The highest BCUT2D eigenvalue weighted by molar-refractivity contribution is 5.85. The number of anilines is 1. The molecular weight excluding hydrogens is 206 g/mol. The maximum Gasteiger partial charge on any atom is 0.411 e. The standard InChI is InChI=1S/C11H11N3O2/c12-5-8-2-1-3-9(4-8)14-11(15)16-10-6-13-7-10/h1-4,10,13H,6-7H2,(H,14,15). The summed E-state index contributed by atoms with van der Waals surface area (Å²) in [5.41, 5.74) is 1.07. The van der Waals surface area contributed by atoms with Gasteiger partial charge in [-0.15, -0.1) is 0 Å². The third-order valence-corrected chi connectivity index (χ3v) is 2.26. The van der Waals surface area contributed by atoms with E-state index in [1.807, 2.05) is 6.07 Å². The van der Waals surface area contributed by atoms with E-state index in [0.717, 1.165) is 0 Å². The molecule has 0 bridgehead atoms. The number of nitrogens with one attached hydrogen (secondary N) is 2. The van der Waals surface area contributed by atoms with E-state index in [2.05, 4.69) is 10.6 Å². The second-order valence-corrected chi connectivity index (χ2v) is 3.50. The zero-order valence-electron chi connectivity index (χ0n) is 8.56. The van der Waals surface area contributed by atoms with E-state index in [-0.39, 0.29) is 6.10 Å². The van der Waals surface area contributed by atoms with E-state index >= 15 is 0 Å². The normalized spacial score (nSPS) is 14.7. The Kier molecular flexibility index (Phi) is 3.03. The van der Waals surface area contributed by atoms with Gasteiger partial charge >= 0.3 is 6.09 Å². The third kappa shape index (κ3) is 2.49. The van der Waals surface area contributed by atoms with Crippen LogP contribution in [0, 0.1) is 11.3 Å². The van der Waals surface area contributed by atoms with Crippen LogP contribution in [0.3, 0.4) is 0 Å². The SMILES string of the molecule is N#Cc1cccc(NC(=O)OC2CNC2)c1. The van der Waals surface area contributed by atoms with Gasteiger partial charge in [-0.2, -0.15) is 5.26 Å². The van der Waals surface area contributed by atoms with E-state index < -0.39 is 6.09 Å². The Hall–Kier alpha value is -2.06. The fourth-order valence-electron chi connectivity index (χ4n) is 1.31. The molecule has 0 aliphatic carbocycles. The van der Waals surface area contributed by atoms with Crippen molar-refractivity contribution >= 4 is 11.8 Å². The first kappa shape index (κ1) is 10.5. The Balaban J connectivity index is 1.92. The molecule has 1 aromatic rings. The molecule has 0 saturated carbocycles. The van der Waals surface area contributed by atoms with Gasteiger partial charge in [0.1, 0.15) is 6.10 Å². The van der Waals surface area contributed by atoms with Crippen LogP contribution in [-0.2, 0) is 4.74 Å². The highest BCUT2D eigenvalue weighted by atomic mass is 16.6. The molecule has 1 amide bonds. The molecular formula is C11H11N3O2. The minimum absolute atomic E-state index is 0.0425. The fraction of sp³-hybridized carbons (Fsp3) is 0.273. The number of nitrogens with zero attached hydrogens (tertiary/aromatic N) is 1. The van der Waals surface area contributed by atoms with Crippen LogP contribution in [0.15, 0.2) is 24.3 Å². The number of hydrogen-bond acceptors (Lipinski definition) is 4. The van der Waals surface area contributed by atoms with E-state index in [0.29, 0.717) is 24.3 Å². The van der Waals surface area contributed by atoms with Crippen molar-refractivity contribution in [1.82, 2.24) is 5.32 Å². The summed E-state index contributed by atoms with van der Waals surface area (Å²) in [5.74, 6) is 0. The molecule has 0 spiro atoms. The molecule has 2 N–H and O–H groups in total. The molecule has 0 aromatic heterocycles. The topological polar surface area (TPSA) is 74.2 Å². The largest absolute Gasteiger partial charge is 0.443 e. The van der Waals surface area contributed by atoms with Crippen molar-refractivity contribution < 1.29 is 9.53 Å². The number of carbonyl (C=O) groups is 1. The predicted octanol–water partition coefficient (Wildman–Crippen LogP) is 1.08. The quantitative estimate of drug-likeness (QED) is 0.777. The number of rotatable bonds is 2. The van der Waals surface area contributed by atoms with Crippen molar-refractivity contribution in [2.75, 3.05) is 18.4 Å². The average molecular weight is 217 g/mol. The van der Waals surface area contributed by atoms with Gasteiger partial charge in [-0.3, -0.25) is 5.32 Å². The lowest BCUT2D eigenvalue weighted by Gasteiger charge is -2.26. The van der Waals surface area contributed by atoms with E-state index in [4.69, 9.17) is 10.00 Å². The van der Waals surface area contributed by atoms with Crippen LogP contribution in [0.4, 0.5) is 10.5 Å². The maximum atomic E-state index is 11.4. The van der Waals surface area contributed by atoms with Crippen LogP contribution < -0.4 is 10.6 Å². The van der Waals surface area contributed by atoms with Gasteiger partial charge in [0.25, 0.3) is 0 Å². The van der Waals surface area contributed by atoms with Crippen molar-refractivity contribution in [2.24, 2.45) is 0 Å². The van der Waals surface area contributed by atoms with Gasteiger partial charge in [-0.1, -0.05) is 6.07 Å². The molecule has 0 unspecified atom stereocenters. The first-order chi connectivity index (χ1) is 7.78. The number of carbonyl (C=O) groups excluding carboxylic acids is 1. The Morgan fingerprint density at radius 3 is 3.00 bits per heavy atom. The van der Waals surface area contributed by atoms with Crippen molar-refractivity contribution in [3.8, 4) is 6.07 Å². The first-order valence-corrected chi connectivity index (χ1v) is 4.96. The van der Waals surface area contributed by atoms with Gasteiger partial charge < -0.3 is 10.1 Å². The minimum Gasteiger partial charge on any atom is -0.443 e. The summed E-state index contributed by atoms with van der Waals surface area (Å²) < 4.78 is 5.07. The summed E-state index contributed by atoms with van der Waals surface area (Å²) in [6.07, 6.45) is -0.527. The van der Waals surface area contributed by atoms with E-state index in [1.165, 1.54) is 0 Å². The number of hydrogen-bond donors (Lipinski definition) is 2. The molecule has 1 aliphatic rings. The van der Waals surface area contributed by atoms with Crippen LogP contribution in [0.25, 0.3) is 0 Å². The Labute approximate surface area is 93.0 Å². The van der Waals surface area contributed by atoms with Gasteiger partial charge in [-0.25, -0.2) is 4.79 Å². The first-order valence-electron chi connectivity index (χ1n) is 4.96. The highest BCUT2D eigenvalue weighted by Crippen LogP contribution is 2.10. The molecule has 0 radical (unpaired) electrons. The van der Waals surface area contributed by atoms with E-state index in [9.17, 15) is 4.79 Å². The summed E-state index contributed by atoms with van der Waals surface area (Å²) in [6.45, 7) is 1.40. The summed E-state index contributed by atoms with van der Waals surface area (Å²) in [5, 5.41) is 14.3. The van der Waals surface area contributed by atoms with Gasteiger partial charge in [-0.05, 0) is 18.2 Å². The molecule has 1 heterocycles. The summed E-state index contributed by atoms with van der Waals surface area (Å²) in [6, 6.07) is 8.69. The van der Waals surface area contributed by atoms with Gasteiger partial charge in [0.15, 0.2) is 0 Å². The maximum absolute atomic E-state index is 11.4. The minimum atomic E-state index is -0.485. The Morgan fingerprint density at radius 1 is 1.56 bits per heavy atom. The lowest BCUT2D eigenvalue weighted by Crippen LogP contribution is -2.49. The number of amides is 1. The number of benzene rings is 1. The van der Waals surface area contributed by atoms with Crippen molar-refractivity contribution in [2.45, 2.75) is 6.10 Å². The molecule has 2 rings (SSSR count). The Morgan fingerprint density at radius 2 is 2.38 bits per heavy atom.